The molecule has 0 aliphatic rings. The van der Waals surface area contributed by atoms with Crippen LogP contribution in [0.1, 0.15) is 20.8 Å². The minimum atomic E-state index is 1.02. The van der Waals surface area contributed by atoms with Gasteiger partial charge in [0, 0.05) is 14.2 Å². The second-order valence-corrected chi connectivity index (χ2v) is 1.46. The lowest BCUT2D eigenvalue weighted by Crippen LogP contribution is -1.55. The van der Waals surface area contributed by atoms with Crippen LogP contribution in [-0.4, -0.2) is 14.2 Å². The zero-order valence-electron chi connectivity index (χ0n) is 7.90. The van der Waals surface area contributed by atoms with Gasteiger partial charge in [-0.2, -0.15) is 0 Å². The molecule has 0 spiro atoms. The van der Waals surface area contributed by atoms with Crippen LogP contribution in [0.15, 0.2) is 24.8 Å². The van der Waals surface area contributed by atoms with E-state index in [4.69, 9.17) is 0 Å². The highest BCUT2D eigenvalue weighted by Gasteiger charge is 1.59. The smallest absolute Gasteiger partial charge is 0.0351 e. The maximum absolute atomic E-state index is 4.25. The van der Waals surface area contributed by atoms with Crippen molar-refractivity contribution in [3.63, 3.8) is 0 Å². The molecule has 0 bridgehead atoms. The summed E-state index contributed by atoms with van der Waals surface area (Å²) in [5.41, 5.74) is 1.02. The fourth-order valence-electron chi connectivity index (χ4n) is 0. The molecule has 0 amide bonds. The van der Waals surface area contributed by atoms with Gasteiger partial charge < -0.3 is 4.74 Å². The maximum Gasteiger partial charge on any atom is 0.0351 e. The summed E-state index contributed by atoms with van der Waals surface area (Å²) in [5, 5.41) is 0. The summed E-state index contributed by atoms with van der Waals surface area (Å²) in [6.07, 6.45) is 1.72. The molecule has 62 valence electrons. The van der Waals surface area contributed by atoms with Crippen molar-refractivity contribution in [2.45, 2.75) is 20.8 Å². The van der Waals surface area contributed by atoms with Crippen LogP contribution in [0.4, 0.5) is 0 Å². The largest absolute Gasteiger partial charge is 0.388 e. The van der Waals surface area contributed by atoms with E-state index in [0.29, 0.717) is 0 Å². The summed E-state index contributed by atoms with van der Waals surface area (Å²) in [6, 6.07) is 0. The standard InChI is InChI=1S/C5H8.C2H6O.C2H6/c1-4-5(2)3;1-3-2;1-2/h4H,1-2H2,3H3;1-2H3;1-2H3. The van der Waals surface area contributed by atoms with Crippen LogP contribution in [0.2, 0.25) is 0 Å². The van der Waals surface area contributed by atoms with E-state index >= 15 is 0 Å². The highest BCUT2D eigenvalue weighted by Crippen LogP contribution is 1.81. The highest BCUT2D eigenvalue weighted by atomic mass is 16.4. The zero-order chi connectivity index (χ0) is 8.99. The van der Waals surface area contributed by atoms with Gasteiger partial charge in [-0.25, -0.2) is 0 Å². The minimum absolute atomic E-state index is 1.02. The van der Waals surface area contributed by atoms with Crippen LogP contribution in [0.25, 0.3) is 0 Å². The molecule has 0 atom stereocenters. The van der Waals surface area contributed by atoms with Gasteiger partial charge in [0.2, 0.25) is 0 Å². The van der Waals surface area contributed by atoms with Gasteiger partial charge in [-0.05, 0) is 6.92 Å². The third-order valence-electron chi connectivity index (χ3n) is 0.348. The lowest BCUT2D eigenvalue weighted by Gasteiger charge is -1.71. The summed E-state index contributed by atoms with van der Waals surface area (Å²) in [7, 11) is 3.25. The van der Waals surface area contributed by atoms with Crippen LogP contribution in [-0.2, 0) is 4.74 Å². The zero-order valence-corrected chi connectivity index (χ0v) is 7.90. The Morgan fingerprint density at radius 3 is 1.40 bits per heavy atom. The molecule has 0 rings (SSSR count). The number of methoxy groups -OCH3 is 1. The van der Waals surface area contributed by atoms with Gasteiger partial charge in [0.05, 0.1) is 0 Å². The number of ether oxygens (including phenoxy) is 1. The van der Waals surface area contributed by atoms with Gasteiger partial charge in [-0.15, -0.1) is 0 Å². The molecule has 0 aliphatic carbocycles. The molecule has 0 aromatic carbocycles. The van der Waals surface area contributed by atoms with Crippen molar-refractivity contribution in [1.29, 1.82) is 0 Å². The fraction of sp³-hybridized carbons (Fsp3) is 0.556. The number of hydrogen-bond acceptors (Lipinski definition) is 1. The van der Waals surface area contributed by atoms with E-state index in [2.05, 4.69) is 17.9 Å². The summed E-state index contributed by atoms with van der Waals surface area (Å²) in [5.74, 6) is 0. The first-order valence-electron chi connectivity index (χ1n) is 3.37. The minimum Gasteiger partial charge on any atom is -0.388 e. The summed E-state index contributed by atoms with van der Waals surface area (Å²) >= 11 is 0. The van der Waals surface area contributed by atoms with Crippen molar-refractivity contribution in [1.82, 2.24) is 0 Å². The first kappa shape index (κ1) is 16.2. The fourth-order valence-corrected chi connectivity index (χ4v) is 0. The lowest BCUT2D eigenvalue weighted by molar-refractivity contribution is 0.277. The first-order chi connectivity index (χ1) is 4.68. The Balaban J connectivity index is -0.0000000847. The molecule has 1 nitrogen and oxygen atoms in total. The van der Waals surface area contributed by atoms with Crippen LogP contribution < -0.4 is 0 Å². The van der Waals surface area contributed by atoms with Gasteiger partial charge in [0.1, 0.15) is 0 Å². The van der Waals surface area contributed by atoms with E-state index in [1.807, 2.05) is 20.8 Å². The van der Waals surface area contributed by atoms with Crippen molar-refractivity contribution in [2.24, 2.45) is 0 Å². The van der Waals surface area contributed by atoms with E-state index in [-0.39, 0.29) is 0 Å². The quantitative estimate of drug-likeness (QED) is 0.514. The van der Waals surface area contributed by atoms with Gasteiger partial charge in [0.25, 0.3) is 0 Å². The highest BCUT2D eigenvalue weighted by molar-refractivity contribution is 5.05. The molecule has 0 unspecified atom stereocenters. The van der Waals surface area contributed by atoms with E-state index in [0.717, 1.165) is 5.57 Å². The topological polar surface area (TPSA) is 9.23 Å². The van der Waals surface area contributed by atoms with Gasteiger partial charge >= 0.3 is 0 Å². The molecular formula is C9H20O. The summed E-state index contributed by atoms with van der Waals surface area (Å²) < 4.78 is 4.25. The molecule has 0 fully saturated rings. The molecular weight excluding hydrogens is 124 g/mol. The molecule has 0 saturated heterocycles. The normalized spacial score (nSPS) is 5.70. The van der Waals surface area contributed by atoms with E-state index in [1.54, 1.807) is 20.3 Å². The summed E-state index contributed by atoms with van der Waals surface area (Å²) in [4.78, 5) is 0. The Morgan fingerprint density at radius 2 is 1.40 bits per heavy atom. The molecule has 10 heavy (non-hydrogen) atoms. The SMILES string of the molecule is C=CC(=C)C.CC.COC. The van der Waals surface area contributed by atoms with Crippen molar-refractivity contribution < 1.29 is 4.74 Å². The molecule has 0 N–H and O–H groups in total. The van der Waals surface area contributed by atoms with Crippen molar-refractivity contribution in [3.8, 4) is 0 Å². The Hall–Kier alpha value is -0.560. The number of allylic oxidation sites excluding steroid dienone is 2. The van der Waals surface area contributed by atoms with Gasteiger partial charge in [-0.3, -0.25) is 0 Å². The predicted octanol–water partition coefficient (Wildman–Crippen LogP) is 3.04. The van der Waals surface area contributed by atoms with E-state index < -0.39 is 0 Å². The molecule has 0 aromatic rings. The average molecular weight is 144 g/mol. The Labute approximate surface area is 65.4 Å². The predicted molar refractivity (Wildman–Crippen MR) is 49.3 cm³/mol. The molecule has 0 saturated carbocycles. The molecule has 0 radical (unpaired) electrons. The van der Waals surface area contributed by atoms with Crippen molar-refractivity contribution in [2.75, 3.05) is 14.2 Å². The average Bonchev–Trinajstić information content (AvgIpc) is 1.94. The van der Waals surface area contributed by atoms with E-state index in [1.165, 1.54) is 0 Å². The third-order valence-corrected chi connectivity index (χ3v) is 0.348. The second-order valence-electron chi connectivity index (χ2n) is 1.46. The van der Waals surface area contributed by atoms with Crippen LogP contribution in [0.5, 0.6) is 0 Å². The van der Waals surface area contributed by atoms with Crippen LogP contribution in [0.3, 0.4) is 0 Å². The number of rotatable bonds is 1. The van der Waals surface area contributed by atoms with Crippen LogP contribution in [0, 0.1) is 0 Å². The second kappa shape index (κ2) is 23.7. The molecule has 1 heteroatoms. The van der Waals surface area contributed by atoms with E-state index in [9.17, 15) is 0 Å². The monoisotopic (exact) mass is 144 g/mol. The molecule has 0 aliphatic heterocycles. The van der Waals surface area contributed by atoms with Gasteiger partial charge in [0.15, 0.2) is 0 Å². The maximum atomic E-state index is 4.25. The Bertz CT molecular complexity index is 65.1. The Kier molecular flexibility index (Phi) is 38.4. The van der Waals surface area contributed by atoms with Crippen LogP contribution >= 0.6 is 0 Å². The lowest BCUT2D eigenvalue weighted by atomic mass is 10.4. The van der Waals surface area contributed by atoms with Gasteiger partial charge in [-0.1, -0.05) is 38.7 Å². The molecule has 0 aromatic heterocycles. The Morgan fingerprint density at radius 1 is 1.30 bits per heavy atom. The van der Waals surface area contributed by atoms with Crippen molar-refractivity contribution >= 4 is 0 Å². The van der Waals surface area contributed by atoms with Crippen molar-refractivity contribution in [3.05, 3.63) is 24.8 Å². The third kappa shape index (κ3) is 149. The molecule has 0 heterocycles. The number of hydrogen-bond donors (Lipinski definition) is 0. The summed E-state index contributed by atoms with van der Waals surface area (Å²) in [6.45, 7) is 12.9. The first-order valence-corrected chi connectivity index (χ1v) is 3.37.